The molecule has 5 rings (SSSR count). The number of aromatic nitrogens is 1. The van der Waals surface area contributed by atoms with Crippen molar-refractivity contribution in [2.45, 2.75) is 6.92 Å². The molecular weight excluding hydrogens is 454 g/mol. The SMILES string of the molecule is Cc1nc(-c2ccc(C(=O)Oc3ccccc3)cc2)oc1-c1ccc(C(=O)Oc2ccccc2)cc1. The fraction of sp³-hybridized carbons (Fsp3) is 0.0333. The number of hydrogen-bond acceptors (Lipinski definition) is 6. The molecule has 6 nitrogen and oxygen atoms in total. The summed E-state index contributed by atoms with van der Waals surface area (Å²) in [5.41, 5.74) is 3.06. The molecule has 0 amide bonds. The molecule has 5 aromatic rings. The number of rotatable bonds is 6. The van der Waals surface area contributed by atoms with Gasteiger partial charge in [-0.3, -0.25) is 0 Å². The van der Waals surface area contributed by atoms with Crippen LogP contribution in [0.25, 0.3) is 22.8 Å². The van der Waals surface area contributed by atoms with Crippen LogP contribution in [0.3, 0.4) is 0 Å². The highest BCUT2D eigenvalue weighted by Gasteiger charge is 2.16. The van der Waals surface area contributed by atoms with E-state index in [1.54, 1.807) is 97.1 Å². The van der Waals surface area contributed by atoms with Gasteiger partial charge < -0.3 is 13.9 Å². The van der Waals surface area contributed by atoms with Gasteiger partial charge in [0, 0.05) is 11.1 Å². The first-order valence-corrected chi connectivity index (χ1v) is 11.3. The molecule has 176 valence electrons. The van der Waals surface area contributed by atoms with Crippen LogP contribution in [0.1, 0.15) is 26.4 Å². The van der Waals surface area contributed by atoms with Gasteiger partial charge in [-0.1, -0.05) is 48.5 Å². The summed E-state index contributed by atoms with van der Waals surface area (Å²) in [5, 5.41) is 0. The normalized spacial score (nSPS) is 10.6. The largest absolute Gasteiger partial charge is 0.436 e. The topological polar surface area (TPSA) is 78.6 Å². The molecule has 36 heavy (non-hydrogen) atoms. The molecule has 0 aliphatic carbocycles. The van der Waals surface area contributed by atoms with Crippen LogP contribution >= 0.6 is 0 Å². The Morgan fingerprint density at radius 3 is 1.53 bits per heavy atom. The van der Waals surface area contributed by atoms with Crippen molar-refractivity contribution in [1.82, 2.24) is 4.98 Å². The molecule has 0 saturated carbocycles. The molecule has 1 aromatic heterocycles. The van der Waals surface area contributed by atoms with Crippen molar-refractivity contribution in [2.75, 3.05) is 0 Å². The van der Waals surface area contributed by atoms with Crippen LogP contribution in [0.5, 0.6) is 11.5 Å². The van der Waals surface area contributed by atoms with E-state index in [-0.39, 0.29) is 0 Å². The number of benzene rings is 4. The molecule has 0 aliphatic heterocycles. The number of esters is 2. The van der Waals surface area contributed by atoms with Crippen molar-refractivity contribution in [3.05, 3.63) is 126 Å². The first kappa shape index (κ1) is 22.8. The molecule has 4 aromatic carbocycles. The molecule has 0 aliphatic rings. The summed E-state index contributed by atoms with van der Waals surface area (Å²) in [7, 11) is 0. The molecule has 6 heteroatoms. The minimum atomic E-state index is -0.442. The van der Waals surface area contributed by atoms with Gasteiger partial charge >= 0.3 is 11.9 Å². The number of nitrogens with zero attached hydrogens (tertiary/aromatic N) is 1. The van der Waals surface area contributed by atoms with E-state index in [0.29, 0.717) is 40.0 Å². The molecule has 0 unspecified atom stereocenters. The summed E-state index contributed by atoms with van der Waals surface area (Å²) in [6.45, 7) is 1.85. The second kappa shape index (κ2) is 10.1. The maximum absolute atomic E-state index is 12.4. The van der Waals surface area contributed by atoms with Gasteiger partial charge in [-0.05, 0) is 67.6 Å². The predicted molar refractivity (Wildman–Crippen MR) is 135 cm³/mol. The lowest BCUT2D eigenvalue weighted by molar-refractivity contribution is 0.0725. The zero-order valence-electron chi connectivity index (χ0n) is 19.4. The Balaban J connectivity index is 1.29. The lowest BCUT2D eigenvalue weighted by Gasteiger charge is -2.05. The Morgan fingerprint density at radius 2 is 1.06 bits per heavy atom. The number of oxazole rings is 1. The highest BCUT2D eigenvalue weighted by Crippen LogP contribution is 2.30. The Morgan fingerprint density at radius 1 is 0.611 bits per heavy atom. The van der Waals surface area contributed by atoms with Crippen molar-refractivity contribution in [3.8, 4) is 34.3 Å². The van der Waals surface area contributed by atoms with Crippen LogP contribution < -0.4 is 9.47 Å². The molecule has 0 saturated heterocycles. The molecular formula is C30H21NO5. The first-order chi connectivity index (χ1) is 17.6. The predicted octanol–water partition coefficient (Wildman–Crippen LogP) is 6.76. The molecule has 1 heterocycles. The van der Waals surface area contributed by atoms with Crippen LogP contribution in [-0.4, -0.2) is 16.9 Å². The molecule has 0 radical (unpaired) electrons. The molecule has 0 atom stereocenters. The van der Waals surface area contributed by atoms with Gasteiger partial charge in [0.05, 0.1) is 16.8 Å². The minimum Gasteiger partial charge on any atom is -0.436 e. The lowest BCUT2D eigenvalue weighted by atomic mass is 10.1. The van der Waals surface area contributed by atoms with Crippen molar-refractivity contribution in [3.63, 3.8) is 0 Å². The highest BCUT2D eigenvalue weighted by atomic mass is 16.5. The average molecular weight is 476 g/mol. The van der Waals surface area contributed by atoms with E-state index in [4.69, 9.17) is 13.9 Å². The number of aryl methyl sites for hydroxylation is 1. The van der Waals surface area contributed by atoms with Gasteiger partial charge in [0.15, 0.2) is 5.76 Å². The summed E-state index contributed by atoms with van der Waals surface area (Å²) >= 11 is 0. The average Bonchev–Trinajstić information content (AvgIpc) is 3.31. The Hall–Kier alpha value is -4.97. The van der Waals surface area contributed by atoms with Crippen LogP contribution in [-0.2, 0) is 0 Å². The van der Waals surface area contributed by atoms with E-state index in [0.717, 1.165) is 11.1 Å². The summed E-state index contributed by atoms with van der Waals surface area (Å²) in [6, 6.07) is 31.7. The number of para-hydroxylation sites is 2. The zero-order valence-corrected chi connectivity index (χ0v) is 19.4. The highest BCUT2D eigenvalue weighted by molar-refractivity contribution is 5.92. The monoisotopic (exact) mass is 475 g/mol. The Bertz CT molecular complexity index is 1490. The minimum absolute atomic E-state index is 0.420. The van der Waals surface area contributed by atoms with Crippen molar-refractivity contribution in [1.29, 1.82) is 0 Å². The van der Waals surface area contributed by atoms with Crippen molar-refractivity contribution < 1.29 is 23.5 Å². The van der Waals surface area contributed by atoms with Crippen LogP contribution in [0, 0.1) is 6.92 Å². The van der Waals surface area contributed by atoms with Gasteiger partial charge in [-0.2, -0.15) is 0 Å². The van der Waals surface area contributed by atoms with E-state index in [2.05, 4.69) is 4.98 Å². The maximum atomic E-state index is 12.4. The maximum Gasteiger partial charge on any atom is 0.343 e. The van der Waals surface area contributed by atoms with Gasteiger partial charge in [0.2, 0.25) is 5.89 Å². The fourth-order valence-electron chi connectivity index (χ4n) is 3.60. The van der Waals surface area contributed by atoms with Gasteiger partial charge in [-0.25, -0.2) is 14.6 Å². The molecule has 0 bridgehead atoms. The van der Waals surface area contributed by atoms with Crippen LogP contribution in [0.4, 0.5) is 0 Å². The van der Waals surface area contributed by atoms with Crippen LogP contribution in [0.15, 0.2) is 114 Å². The Kier molecular flexibility index (Phi) is 6.40. The standard InChI is InChI=1S/C30H21NO5/c1-20-27(21-12-16-23(17-13-21)29(32)34-25-8-4-2-5-9-25)36-28(31-20)22-14-18-24(19-15-22)30(33)35-26-10-6-3-7-11-26/h2-19H,1H3. The number of carbonyl (C=O) groups is 2. The van der Waals surface area contributed by atoms with E-state index in [1.165, 1.54) is 0 Å². The van der Waals surface area contributed by atoms with E-state index < -0.39 is 11.9 Å². The summed E-state index contributed by atoms with van der Waals surface area (Å²) < 4.78 is 16.8. The molecule has 0 spiro atoms. The third kappa shape index (κ3) is 5.08. The number of carbonyl (C=O) groups excluding carboxylic acids is 2. The Labute approximate surface area is 207 Å². The summed E-state index contributed by atoms with van der Waals surface area (Å²) in [6.07, 6.45) is 0. The second-order valence-corrected chi connectivity index (χ2v) is 7.99. The van der Waals surface area contributed by atoms with E-state index in [1.807, 2.05) is 19.1 Å². The van der Waals surface area contributed by atoms with E-state index >= 15 is 0 Å². The van der Waals surface area contributed by atoms with Crippen LogP contribution in [0.2, 0.25) is 0 Å². The van der Waals surface area contributed by atoms with Gasteiger partial charge in [0.25, 0.3) is 0 Å². The van der Waals surface area contributed by atoms with Gasteiger partial charge in [-0.15, -0.1) is 0 Å². The second-order valence-electron chi connectivity index (χ2n) is 7.99. The first-order valence-electron chi connectivity index (χ1n) is 11.3. The van der Waals surface area contributed by atoms with Gasteiger partial charge in [0.1, 0.15) is 11.5 Å². The van der Waals surface area contributed by atoms with Crippen molar-refractivity contribution >= 4 is 11.9 Å². The van der Waals surface area contributed by atoms with Crippen molar-refractivity contribution in [2.24, 2.45) is 0 Å². The fourth-order valence-corrected chi connectivity index (χ4v) is 3.60. The summed E-state index contributed by atoms with van der Waals surface area (Å²) in [4.78, 5) is 29.3. The zero-order chi connectivity index (χ0) is 24.9. The third-order valence-corrected chi connectivity index (χ3v) is 5.45. The van der Waals surface area contributed by atoms with E-state index in [9.17, 15) is 9.59 Å². The lowest BCUT2D eigenvalue weighted by Crippen LogP contribution is -2.08. The quantitative estimate of drug-likeness (QED) is 0.200. The third-order valence-electron chi connectivity index (χ3n) is 5.45. The molecule has 0 N–H and O–H groups in total. The number of hydrogen-bond donors (Lipinski definition) is 0. The molecule has 0 fully saturated rings. The summed E-state index contributed by atoms with van der Waals surface area (Å²) in [5.74, 6) is 1.12. The smallest absolute Gasteiger partial charge is 0.343 e. The number of ether oxygens (including phenoxy) is 2.